The quantitative estimate of drug-likeness (QED) is 0.145. The molecule has 3 nitrogen and oxygen atoms in total. The van der Waals surface area contributed by atoms with E-state index in [1.165, 1.54) is 61.1 Å². The van der Waals surface area contributed by atoms with Crippen LogP contribution in [0.1, 0.15) is 36.2 Å². The van der Waals surface area contributed by atoms with E-state index in [9.17, 15) is 0 Å². The van der Waals surface area contributed by atoms with Gasteiger partial charge in [-0.3, -0.25) is 4.98 Å². The van der Waals surface area contributed by atoms with Gasteiger partial charge in [0.2, 0.25) is 0 Å². The summed E-state index contributed by atoms with van der Waals surface area (Å²) < 4.78 is 2.47. The fourth-order valence-electron chi connectivity index (χ4n) is 9.50. The highest BCUT2D eigenvalue weighted by Crippen LogP contribution is 2.53. The SMILES string of the molecule is CC1(C)c2cc(-c3ccc(C=Cc4ccc(N(c5ccccc5)c5ccccc5)cc4)nc3)ccc2-c2cc3c(-c4ccccc4)c(-c4ccccc4)n(-c4ccccc4)c3cc21. The van der Waals surface area contributed by atoms with Crippen molar-refractivity contribution >= 4 is 40.1 Å². The van der Waals surface area contributed by atoms with E-state index >= 15 is 0 Å². The summed E-state index contributed by atoms with van der Waals surface area (Å²) in [5.74, 6) is 0. The van der Waals surface area contributed by atoms with Crippen molar-refractivity contribution in [3.05, 3.63) is 247 Å². The van der Waals surface area contributed by atoms with Gasteiger partial charge in [0.15, 0.2) is 0 Å². The van der Waals surface area contributed by atoms with Crippen LogP contribution in [0.25, 0.3) is 73.4 Å². The van der Waals surface area contributed by atoms with Crippen molar-refractivity contribution in [3.8, 4) is 50.3 Å². The first-order chi connectivity index (χ1) is 31.0. The molecule has 1 aliphatic carbocycles. The second-order valence-electron chi connectivity index (χ2n) is 16.8. The standard InChI is InChI=1S/C60H45N3/c1-60(2)55-38-45(46-31-34-47(61-41-46)33-28-42-29-35-51(36-30-42)62(48-22-12-5-13-23-48)49-24-14-6-15-25-49)32-37-52(55)53-39-54-57(40-56(53)60)63(50-26-16-7-17-27-50)59(44-20-10-4-11-21-44)58(54)43-18-8-3-9-19-43/h3-41H,1-2H3. The number of anilines is 3. The number of pyridine rings is 1. The van der Waals surface area contributed by atoms with E-state index in [0.717, 1.165) is 39.6 Å². The summed E-state index contributed by atoms with van der Waals surface area (Å²) in [6.07, 6.45) is 6.23. The second kappa shape index (κ2) is 15.8. The maximum atomic E-state index is 4.91. The molecular formula is C60H45N3. The number of para-hydroxylation sites is 3. The van der Waals surface area contributed by atoms with Gasteiger partial charge in [-0.15, -0.1) is 0 Å². The monoisotopic (exact) mass is 807 g/mol. The highest BCUT2D eigenvalue weighted by molar-refractivity contribution is 6.08. The molecule has 0 saturated heterocycles. The summed E-state index contributed by atoms with van der Waals surface area (Å²) in [5.41, 5.74) is 19.9. The molecule has 0 spiro atoms. The van der Waals surface area contributed by atoms with Crippen LogP contribution in [0.5, 0.6) is 0 Å². The van der Waals surface area contributed by atoms with Gasteiger partial charge in [-0.05, 0) is 123 Å². The third-order valence-electron chi connectivity index (χ3n) is 12.6. The van der Waals surface area contributed by atoms with Crippen LogP contribution in [0.15, 0.2) is 225 Å². The zero-order valence-electron chi connectivity index (χ0n) is 35.4. The van der Waals surface area contributed by atoms with E-state index in [4.69, 9.17) is 4.98 Å². The first kappa shape index (κ1) is 38.0. The number of hydrogen-bond donors (Lipinski definition) is 0. The van der Waals surface area contributed by atoms with Gasteiger partial charge < -0.3 is 9.47 Å². The van der Waals surface area contributed by atoms with Crippen LogP contribution in [-0.4, -0.2) is 9.55 Å². The Labute approximate surface area is 369 Å². The van der Waals surface area contributed by atoms with Crippen LogP contribution in [-0.2, 0) is 5.41 Å². The zero-order valence-corrected chi connectivity index (χ0v) is 35.4. The topological polar surface area (TPSA) is 21.1 Å². The van der Waals surface area contributed by atoms with E-state index < -0.39 is 0 Å². The van der Waals surface area contributed by atoms with E-state index in [1.807, 2.05) is 6.20 Å². The van der Waals surface area contributed by atoms with Crippen LogP contribution in [0, 0.1) is 0 Å². The van der Waals surface area contributed by atoms with Crippen molar-refractivity contribution in [2.75, 3.05) is 4.90 Å². The Morgan fingerprint density at radius 1 is 0.460 bits per heavy atom. The largest absolute Gasteiger partial charge is 0.311 e. The third-order valence-corrected chi connectivity index (χ3v) is 12.6. The molecule has 10 aromatic rings. The van der Waals surface area contributed by atoms with Crippen molar-refractivity contribution in [1.82, 2.24) is 9.55 Å². The molecule has 0 radical (unpaired) electrons. The second-order valence-corrected chi connectivity index (χ2v) is 16.8. The van der Waals surface area contributed by atoms with E-state index in [1.54, 1.807) is 0 Å². The predicted octanol–water partition coefficient (Wildman–Crippen LogP) is 16.0. The molecule has 0 N–H and O–H groups in total. The molecule has 0 atom stereocenters. The molecule has 0 fully saturated rings. The van der Waals surface area contributed by atoms with Crippen LogP contribution < -0.4 is 4.90 Å². The molecule has 1 aliphatic rings. The minimum atomic E-state index is -0.217. The Hall–Kier alpha value is -8.01. The fraction of sp³-hybridized carbons (Fsp3) is 0.0500. The van der Waals surface area contributed by atoms with Crippen molar-refractivity contribution in [2.24, 2.45) is 0 Å². The van der Waals surface area contributed by atoms with E-state index in [0.29, 0.717) is 0 Å². The van der Waals surface area contributed by atoms with Crippen molar-refractivity contribution in [2.45, 2.75) is 19.3 Å². The molecule has 0 unspecified atom stereocenters. The average molecular weight is 808 g/mol. The number of rotatable bonds is 9. The van der Waals surface area contributed by atoms with Gasteiger partial charge in [0, 0.05) is 50.9 Å². The van der Waals surface area contributed by atoms with Gasteiger partial charge in [-0.25, -0.2) is 0 Å². The van der Waals surface area contributed by atoms with Crippen molar-refractivity contribution in [3.63, 3.8) is 0 Å². The van der Waals surface area contributed by atoms with Gasteiger partial charge in [-0.1, -0.05) is 166 Å². The maximum absolute atomic E-state index is 4.91. The molecule has 8 aromatic carbocycles. The van der Waals surface area contributed by atoms with E-state index in [-0.39, 0.29) is 5.41 Å². The first-order valence-corrected chi connectivity index (χ1v) is 21.7. The van der Waals surface area contributed by atoms with Crippen molar-refractivity contribution in [1.29, 1.82) is 0 Å². The number of aromatic nitrogens is 2. The van der Waals surface area contributed by atoms with Gasteiger partial charge in [0.05, 0.1) is 16.9 Å². The van der Waals surface area contributed by atoms with Crippen LogP contribution >= 0.6 is 0 Å². The number of benzene rings is 8. The molecular weight excluding hydrogens is 763 g/mol. The lowest BCUT2D eigenvalue weighted by Crippen LogP contribution is -2.15. The smallest absolute Gasteiger partial charge is 0.0630 e. The fourth-order valence-corrected chi connectivity index (χ4v) is 9.50. The highest BCUT2D eigenvalue weighted by atomic mass is 15.1. The number of nitrogens with zero attached hydrogens (tertiary/aromatic N) is 3. The van der Waals surface area contributed by atoms with Gasteiger partial charge in [0.25, 0.3) is 0 Å². The lowest BCUT2D eigenvalue weighted by atomic mass is 9.81. The molecule has 0 saturated carbocycles. The Morgan fingerprint density at radius 2 is 1.02 bits per heavy atom. The number of fused-ring (bicyclic) bond motifs is 4. The van der Waals surface area contributed by atoms with Crippen LogP contribution in [0.2, 0.25) is 0 Å². The molecule has 0 bridgehead atoms. The molecule has 11 rings (SSSR count). The zero-order chi connectivity index (χ0) is 42.3. The molecule has 3 heteroatoms. The summed E-state index contributed by atoms with van der Waals surface area (Å²) in [7, 11) is 0. The lowest BCUT2D eigenvalue weighted by Gasteiger charge is -2.25. The Balaban J connectivity index is 0.919. The normalized spacial score (nSPS) is 12.7. The molecule has 2 heterocycles. The Bertz CT molecular complexity index is 3200. The van der Waals surface area contributed by atoms with Crippen molar-refractivity contribution < 1.29 is 0 Å². The maximum Gasteiger partial charge on any atom is 0.0630 e. The summed E-state index contributed by atoms with van der Waals surface area (Å²) in [6, 6.07) is 78.4. The molecule has 2 aromatic heterocycles. The summed E-state index contributed by atoms with van der Waals surface area (Å²) in [6.45, 7) is 4.75. The minimum absolute atomic E-state index is 0.217. The molecule has 0 amide bonds. The van der Waals surface area contributed by atoms with Gasteiger partial charge >= 0.3 is 0 Å². The van der Waals surface area contributed by atoms with Crippen LogP contribution in [0.4, 0.5) is 17.1 Å². The number of hydrogen-bond acceptors (Lipinski definition) is 2. The molecule has 300 valence electrons. The molecule has 63 heavy (non-hydrogen) atoms. The Kier molecular flexibility index (Phi) is 9.51. The highest BCUT2D eigenvalue weighted by Gasteiger charge is 2.37. The minimum Gasteiger partial charge on any atom is -0.311 e. The first-order valence-electron chi connectivity index (χ1n) is 21.7. The lowest BCUT2D eigenvalue weighted by molar-refractivity contribution is 0.661. The Morgan fingerprint density at radius 3 is 1.63 bits per heavy atom. The van der Waals surface area contributed by atoms with Gasteiger partial charge in [-0.2, -0.15) is 0 Å². The average Bonchev–Trinajstić information content (AvgIpc) is 3.80. The van der Waals surface area contributed by atoms with Gasteiger partial charge in [0.1, 0.15) is 0 Å². The third kappa shape index (κ3) is 6.85. The summed E-state index contributed by atoms with van der Waals surface area (Å²) in [4.78, 5) is 7.18. The van der Waals surface area contributed by atoms with E-state index in [2.05, 4.69) is 254 Å². The summed E-state index contributed by atoms with van der Waals surface area (Å²) in [5, 5.41) is 1.25. The summed E-state index contributed by atoms with van der Waals surface area (Å²) >= 11 is 0. The van der Waals surface area contributed by atoms with Crippen LogP contribution in [0.3, 0.4) is 0 Å². The molecule has 0 aliphatic heterocycles. The predicted molar refractivity (Wildman–Crippen MR) is 265 cm³/mol.